The number of benzene rings is 1. The standard InChI is InChI=1S/C15H16N4O/c1-11(8-13-6-4-3-5-7-13)10-16-19-15(20)14-9-12(2)17-18-14/h3-10H,1-2H3,(H,17,18)(H,19,20). The summed E-state index contributed by atoms with van der Waals surface area (Å²) in [5, 5.41) is 10.5. The van der Waals surface area contributed by atoms with Gasteiger partial charge in [0.1, 0.15) is 0 Å². The zero-order chi connectivity index (χ0) is 14.4. The highest BCUT2D eigenvalue weighted by atomic mass is 16.2. The van der Waals surface area contributed by atoms with E-state index in [4.69, 9.17) is 0 Å². The molecule has 0 aliphatic rings. The summed E-state index contributed by atoms with van der Waals surface area (Å²) < 4.78 is 0. The first-order valence-electron chi connectivity index (χ1n) is 6.24. The fourth-order valence-electron chi connectivity index (χ4n) is 1.63. The van der Waals surface area contributed by atoms with E-state index in [1.54, 1.807) is 12.3 Å². The van der Waals surface area contributed by atoms with Crippen molar-refractivity contribution < 1.29 is 4.79 Å². The Morgan fingerprint density at radius 2 is 2.10 bits per heavy atom. The number of hydrogen-bond donors (Lipinski definition) is 2. The van der Waals surface area contributed by atoms with Gasteiger partial charge in [0.05, 0.1) is 6.21 Å². The predicted molar refractivity (Wildman–Crippen MR) is 79.4 cm³/mol. The third kappa shape index (κ3) is 3.91. The molecule has 0 saturated carbocycles. The number of hydrazone groups is 1. The first kappa shape index (κ1) is 13.7. The summed E-state index contributed by atoms with van der Waals surface area (Å²) in [5.41, 5.74) is 5.62. The van der Waals surface area contributed by atoms with Gasteiger partial charge in [-0.25, -0.2) is 5.43 Å². The molecule has 0 saturated heterocycles. The van der Waals surface area contributed by atoms with Gasteiger partial charge in [0, 0.05) is 5.69 Å². The molecule has 1 heterocycles. The molecule has 2 N–H and O–H groups in total. The van der Waals surface area contributed by atoms with Gasteiger partial charge in [0.15, 0.2) is 5.69 Å². The van der Waals surface area contributed by atoms with Crippen LogP contribution in [0.3, 0.4) is 0 Å². The second kappa shape index (κ2) is 6.47. The highest BCUT2D eigenvalue weighted by molar-refractivity contribution is 5.93. The van der Waals surface area contributed by atoms with Gasteiger partial charge in [-0.2, -0.15) is 10.2 Å². The van der Waals surface area contributed by atoms with E-state index in [9.17, 15) is 4.79 Å². The van der Waals surface area contributed by atoms with Crippen LogP contribution in [0.2, 0.25) is 0 Å². The van der Waals surface area contributed by atoms with Crippen LogP contribution in [0.1, 0.15) is 28.7 Å². The van der Waals surface area contributed by atoms with Crippen LogP contribution < -0.4 is 5.43 Å². The van der Waals surface area contributed by atoms with Crippen molar-refractivity contribution in [1.82, 2.24) is 15.6 Å². The Morgan fingerprint density at radius 1 is 1.35 bits per heavy atom. The topological polar surface area (TPSA) is 70.1 Å². The molecule has 20 heavy (non-hydrogen) atoms. The molecule has 2 rings (SSSR count). The molecule has 1 aromatic carbocycles. The van der Waals surface area contributed by atoms with Gasteiger partial charge in [-0.15, -0.1) is 0 Å². The first-order chi connectivity index (χ1) is 9.65. The monoisotopic (exact) mass is 268 g/mol. The summed E-state index contributed by atoms with van der Waals surface area (Å²) in [4.78, 5) is 11.7. The van der Waals surface area contributed by atoms with Gasteiger partial charge >= 0.3 is 0 Å². The van der Waals surface area contributed by atoms with Crippen LogP contribution in [-0.2, 0) is 0 Å². The van der Waals surface area contributed by atoms with Crippen LogP contribution in [0.5, 0.6) is 0 Å². The van der Waals surface area contributed by atoms with Gasteiger partial charge in [0.2, 0.25) is 0 Å². The zero-order valence-corrected chi connectivity index (χ0v) is 11.4. The summed E-state index contributed by atoms with van der Waals surface area (Å²) in [7, 11) is 0. The van der Waals surface area contributed by atoms with Crippen molar-refractivity contribution in [3.05, 3.63) is 58.9 Å². The number of aryl methyl sites for hydroxylation is 1. The Hall–Kier alpha value is -2.69. The number of aromatic nitrogens is 2. The molecule has 5 nitrogen and oxygen atoms in total. The highest BCUT2D eigenvalue weighted by Crippen LogP contribution is 2.04. The minimum absolute atomic E-state index is 0.323. The number of amides is 1. The Morgan fingerprint density at radius 3 is 2.75 bits per heavy atom. The maximum Gasteiger partial charge on any atom is 0.291 e. The van der Waals surface area contributed by atoms with Gasteiger partial charge in [-0.05, 0) is 31.1 Å². The van der Waals surface area contributed by atoms with Crippen LogP contribution in [0.4, 0.5) is 0 Å². The maximum atomic E-state index is 11.7. The molecular weight excluding hydrogens is 252 g/mol. The van der Waals surface area contributed by atoms with E-state index < -0.39 is 0 Å². The molecule has 0 radical (unpaired) electrons. The van der Waals surface area contributed by atoms with E-state index in [0.717, 1.165) is 16.8 Å². The zero-order valence-electron chi connectivity index (χ0n) is 11.4. The lowest BCUT2D eigenvalue weighted by molar-refractivity contribution is 0.0950. The molecule has 102 valence electrons. The number of H-pyrrole nitrogens is 1. The van der Waals surface area contributed by atoms with Crippen molar-refractivity contribution in [2.75, 3.05) is 0 Å². The number of allylic oxidation sites excluding steroid dienone is 1. The third-order valence-corrected chi connectivity index (χ3v) is 2.57. The molecular formula is C15H16N4O. The molecule has 1 amide bonds. The molecule has 0 bridgehead atoms. The normalized spacial score (nSPS) is 11.8. The summed E-state index contributed by atoms with van der Waals surface area (Å²) >= 11 is 0. The van der Waals surface area contributed by atoms with Crippen molar-refractivity contribution in [3.8, 4) is 0 Å². The number of nitrogens with one attached hydrogen (secondary N) is 2. The maximum absolute atomic E-state index is 11.7. The van der Waals surface area contributed by atoms with Crippen molar-refractivity contribution in [2.24, 2.45) is 5.10 Å². The first-order valence-corrected chi connectivity index (χ1v) is 6.24. The summed E-state index contributed by atoms with van der Waals surface area (Å²) in [6.45, 7) is 3.75. The lowest BCUT2D eigenvalue weighted by atomic mass is 10.1. The average Bonchev–Trinajstić information content (AvgIpc) is 2.86. The van der Waals surface area contributed by atoms with Crippen molar-refractivity contribution in [3.63, 3.8) is 0 Å². The Bertz CT molecular complexity index is 641. The largest absolute Gasteiger partial charge is 0.291 e. The van der Waals surface area contributed by atoms with Crippen LogP contribution in [0, 0.1) is 6.92 Å². The third-order valence-electron chi connectivity index (χ3n) is 2.57. The minimum Gasteiger partial charge on any atom is -0.282 e. The van der Waals surface area contributed by atoms with Crippen LogP contribution in [0.25, 0.3) is 6.08 Å². The second-order valence-electron chi connectivity index (χ2n) is 4.43. The highest BCUT2D eigenvalue weighted by Gasteiger charge is 2.06. The molecule has 0 aliphatic carbocycles. The summed E-state index contributed by atoms with van der Waals surface area (Å²) in [5.74, 6) is -0.335. The van der Waals surface area contributed by atoms with Gasteiger partial charge < -0.3 is 0 Å². The molecule has 1 aromatic heterocycles. The summed E-state index contributed by atoms with van der Waals surface area (Å²) in [6.07, 6.45) is 3.58. The van der Waals surface area contributed by atoms with Crippen LogP contribution in [0.15, 0.2) is 47.1 Å². The SMILES string of the molecule is CC(C=NNC(=O)c1cc(C)[nH]n1)=Cc1ccccc1. The van der Waals surface area contributed by atoms with Crippen molar-refractivity contribution in [1.29, 1.82) is 0 Å². The van der Waals surface area contributed by atoms with Crippen molar-refractivity contribution in [2.45, 2.75) is 13.8 Å². The van der Waals surface area contributed by atoms with E-state index in [0.29, 0.717) is 5.69 Å². The lowest BCUT2D eigenvalue weighted by Gasteiger charge is -1.96. The van der Waals surface area contributed by atoms with Gasteiger partial charge in [0.25, 0.3) is 5.91 Å². The van der Waals surface area contributed by atoms with Gasteiger partial charge in [-0.3, -0.25) is 9.89 Å². The number of carbonyl (C=O) groups excluding carboxylic acids is 1. The average molecular weight is 268 g/mol. The van der Waals surface area contributed by atoms with E-state index >= 15 is 0 Å². The smallest absolute Gasteiger partial charge is 0.282 e. The molecule has 5 heteroatoms. The fraction of sp³-hybridized carbons (Fsp3) is 0.133. The van der Waals surface area contributed by atoms with E-state index in [-0.39, 0.29) is 5.91 Å². The number of nitrogens with zero attached hydrogens (tertiary/aromatic N) is 2. The quantitative estimate of drug-likeness (QED) is 0.660. The Balaban J connectivity index is 1.93. The molecule has 0 aliphatic heterocycles. The lowest BCUT2D eigenvalue weighted by Crippen LogP contribution is -2.17. The van der Waals surface area contributed by atoms with Crippen LogP contribution in [-0.4, -0.2) is 22.3 Å². The van der Waals surface area contributed by atoms with E-state index in [2.05, 4.69) is 20.7 Å². The van der Waals surface area contributed by atoms with E-state index in [1.165, 1.54) is 0 Å². The fourth-order valence-corrected chi connectivity index (χ4v) is 1.63. The minimum atomic E-state index is -0.335. The number of hydrogen-bond acceptors (Lipinski definition) is 3. The van der Waals surface area contributed by atoms with Crippen molar-refractivity contribution >= 4 is 18.2 Å². The van der Waals surface area contributed by atoms with Gasteiger partial charge in [-0.1, -0.05) is 36.4 Å². The number of aromatic amines is 1. The predicted octanol–water partition coefficient (Wildman–Crippen LogP) is 2.54. The van der Waals surface area contributed by atoms with E-state index in [1.807, 2.05) is 50.3 Å². The summed E-state index contributed by atoms with van der Waals surface area (Å²) in [6, 6.07) is 11.6. The Labute approximate surface area is 117 Å². The van der Waals surface area contributed by atoms with Crippen LogP contribution >= 0.6 is 0 Å². The number of rotatable bonds is 4. The molecule has 0 fully saturated rings. The molecule has 0 spiro atoms. The molecule has 2 aromatic rings. The molecule has 0 unspecified atom stereocenters. The second-order valence-corrected chi connectivity index (χ2v) is 4.43. The number of carbonyl (C=O) groups is 1. The Kier molecular flexibility index (Phi) is 4.44. The molecule has 0 atom stereocenters.